The van der Waals surface area contributed by atoms with Crippen LogP contribution in [0.15, 0.2) is 51.5 Å². The van der Waals surface area contributed by atoms with E-state index in [4.69, 9.17) is 4.74 Å². The van der Waals surface area contributed by atoms with Crippen LogP contribution in [0.1, 0.15) is 34.5 Å². The van der Waals surface area contributed by atoms with Crippen LogP contribution in [-0.2, 0) is 22.7 Å². The Morgan fingerprint density at radius 1 is 1.21 bits per heavy atom. The third kappa shape index (κ3) is 4.51. The van der Waals surface area contributed by atoms with Crippen molar-refractivity contribution in [3.8, 4) is 5.75 Å². The van der Waals surface area contributed by atoms with Gasteiger partial charge in [0.25, 0.3) is 11.5 Å². The standard InChI is InChI=1S/C20H22N2O5S/c1-27-15-7-9-16(10-8-15)28(25,26)12-4-11-21-19(23)17-13-14-5-2-3-6-18(14)22-20(17)24/h4,7-10,12-13H,2-3,5-6,11H2,1H3,(H,21,23)(H,22,24)/b12-4+. The number of pyridine rings is 1. The monoisotopic (exact) mass is 402 g/mol. The van der Waals surface area contributed by atoms with Crippen LogP contribution in [0.3, 0.4) is 0 Å². The molecule has 28 heavy (non-hydrogen) atoms. The minimum atomic E-state index is -3.62. The molecule has 0 radical (unpaired) electrons. The Kier molecular flexibility index (Phi) is 5.99. The molecule has 0 fully saturated rings. The van der Waals surface area contributed by atoms with Gasteiger partial charge in [-0.05, 0) is 61.6 Å². The molecule has 1 aliphatic carbocycles. The Morgan fingerprint density at radius 3 is 2.64 bits per heavy atom. The molecule has 0 saturated carbocycles. The van der Waals surface area contributed by atoms with Crippen LogP contribution in [0.4, 0.5) is 0 Å². The number of aryl methyl sites for hydroxylation is 2. The highest BCUT2D eigenvalue weighted by molar-refractivity contribution is 7.94. The maximum atomic E-state index is 12.3. The van der Waals surface area contributed by atoms with Crippen LogP contribution in [0.25, 0.3) is 0 Å². The van der Waals surface area contributed by atoms with Gasteiger partial charge in [0.2, 0.25) is 0 Å². The first-order chi connectivity index (χ1) is 13.4. The molecular formula is C20H22N2O5S. The number of methoxy groups -OCH3 is 1. The van der Waals surface area contributed by atoms with Gasteiger partial charge in [0.1, 0.15) is 11.3 Å². The van der Waals surface area contributed by atoms with Crippen molar-refractivity contribution in [2.75, 3.05) is 13.7 Å². The fourth-order valence-corrected chi connectivity index (χ4v) is 4.13. The zero-order chi connectivity index (χ0) is 20.1. The third-order valence-electron chi connectivity index (χ3n) is 4.63. The van der Waals surface area contributed by atoms with Crippen LogP contribution < -0.4 is 15.6 Å². The molecule has 148 valence electrons. The lowest BCUT2D eigenvalue weighted by Crippen LogP contribution is -2.31. The Balaban J connectivity index is 1.64. The maximum Gasteiger partial charge on any atom is 0.261 e. The molecule has 2 N–H and O–H groups in total. The molecule has 0 saturated heterocycles. The molecule has 1 aromatic carbocycles. The summed E-state index contributed by atoms with van der Waals surface area (Å²) in [6, 6.07) is 7.66. The molecule has 3 rings (SSSR count). The smallest absolute Gasteiger partial charge is 0.261 e. The maximum absolute atomic E-state index is 12.3. The molecular weight excluding hydrogens is 380 g/mol. The molecule has 7 nitrogen and oxygen atoms in total. The average molecular weight is 402 g/mol. The average Bonchev–Trinajstić information content (AvgIpc) is 2.70. The molecule has 0 aliphatic heterocycles. The van der Waals surface area contributed by atoms with Gasteiger partial charge in [0, 0.05) is 17.6 Å². The van der Waals surface area contributed by atoms with E-state index >= 15 is 0 Å². The molecule has 2 aromatic rings. The van der Waals surface area contributed by atoms with Crippen molar-refractivity contribution in [2.45, 2.75) is 30.6 Å². The van der Waals surface area contributed by atoms with Gasteiger partial charge >= 0.3 is 0 Å². The number of H-pyrrole nitrogens is 1. The summed E-state index contributed by atoms with van der Waals surface area (Å²) in [7, 11) is -2.12. The Hall–Kier alpha value is -2.87. The summed E-state index contributed by atoms with van der Waals surface area (Å²) in [5.41, 5.74) is 1.52. The van der Waals surface area contributed by atoms with Crippen LogP contribution in [0.2, 0.25) is 0 Å². The number of carbonyl (C=O) groups excluding carboxylic acids is 1. The van der Waals surface area contributed by atoms with Gasteiger partial charge < -0.3 is 15.0 Å². The van der Waals surface area contributed by atoms with Crippen molar-refractivity contribution in [3.05, 3.63) is 69.0 Å². The van der Waals surface area contributed by atoms with E-state index < -0.39 is 21.3 Å². The van der Waals surface area contributed by atoms with E-state index in [0.717, 1.165) is 42.3 Å². The molecule has 0 unspecified atom stereocenters. The van der Waals surface area contributed by atoms with Crippen molar-refractivity contribution >= 4 is 15.7 Å². The summed E-state index contributed by atoms with van der Waals surface area (Å²) in [5.74, 6) is 0.0339. The first-order valence-corrected chi connectivity index (χ1v) is 10.5. The number of benzene rings is 1. The summed E-state index contributed by atoms with van der Waals surface area (Å²) in [4.78, 5) is 27.3. The summed E-state index contributed by atoms with van der Waals surface area (Å²) in [6.45, 7) is -0.00918. The summed E-state index contributed by atoms with van der Waals surface area (Å²) in [6.07, 6.45) is 5.06. The largest absolute Gasteiger partial charge is 0.497 e. The second kappa shape index (κ2) is 8.43. The van der Waals surface area contributed by atoms with E-state index in [2.05, 4.69) is 10.3 Å². The fraction of sp³-hybridized carbons (Fsp3) is 0.300. The zero-order valence-corrected chi connectivity index (χ0v) is 16.3. The fourth-order valence-electron chi connectivity index (χ4n) is 3.11. The van der Waals surface area contributed by atoms with Gasteiger partial charge in [-0.25, -0.2) is 8.42 Å². The second-order valence-corrected chi connectivity index (χ2v) is 8.36. The second-order valence-electron chi connectivity index (χ2n) is 6.53. The van der Waals surface area contributed by atoms with Crippen molar-refractivity contribution in [3.63, 3.8) is 0 Å². The number of aromatic nitrogens is 1. The van der Waals surface area contributed by atoms with Gasteiger partial charge in [0.15, 0.2) is 9.84 Å². The summed E-state index contributed by atoms with van der Waals surface area (Å²) < 4.78 is 29.5. The van der Waals surface area contributed by atoms with Crippen LogP contribution in [-0.4, -0.2) is 33.0 Å². The minimum absolute atomic E-state index is 0.00918. The number of carbonyl (C=O) groups is 1. The molecule has 1 aromatic heterocycles. The first kappa shape index (κ1) is 19.9. The van der Waals surface area contributed by atoms with Gasteiger partial charge in [-0.3, -0.25) is 9.59 Å². The van der Waals surface area contributed by atoms with E-state index in [1.54, 1.807) is 18.2 Å². The lowest BCUT2D eigenvalue weighted by Gasteiger charge is -2.15. The third-order valence-corrected chi connectivity index (χ3v) is 6.11. The van der Waals surface area contributed by atoms with Crippen molar-refractivity contribution < 1.29 is 17.9 Å². The van der Waals surface area contributed by atoms with Crippen molar-refractivity contribution in [1.29, 1.82) is 0 Å². The number of aromatic amines is 1. The SMILES string of the molecule is COc1ccc(S(=O)(=O)/C=C/CNC(=O)c2cc3c([nH]c2=O)CCCC3)cc1. The molecule has 0 bridgehead atoms. The van der Waals surface area contributed by atoms with Crippen LogP contribution in [0, 0.1) is 0 Å². The van der Waals surface area contributed by atoms with E-state index in [9.17, 15) is 18.0 Å². The highest BCUT2D eigenvalue weighted by atomic mass is 32.2. The number of rotatable bonds is 6. The summed E-state index contributed by atoms with van der Waals surface area (Å²) >= 11 is 0. The predicted octanol–water partition coefficient (Wildman–Crippen LogP) is 1.98. The molecule has 1 amide bonds. The molecule has 1 aliphatic rings. The van der Waals surface area contributed by atoms with Crippen molar-refractivity contribution in [2.24, 2.45) is 0 Å². The minimum Gasteiger partial charge on any atom is -0.497 e. The van der Waals surface area contributed by atoms with Crippen LogP contribution >= 0.6 is 0 Å². The van der Waals surface area contributed by atoms with Gasteiger partial charge in [0.05, 0.1) is 12.0 Å². The lowest BCUT2D eigenvalue weighted by atomic mass is 9.95. The number of hydrogen-bond acceptors (Lipinski definition) is 5. The Bertz CT molecular complexity index is 1050. The molecule has 0 spiro atoms. The van der Waals surface area contributed by atoms with Crippen LogP contribution in [0.5, 0.6) is 5.75 Å². The number of amides is 1. The topological polar surface area (TPSA) is 105 Å². The summed E-state index contributed by atoms with van der Waals surface area (Å²) in [5, 5.41) is 3.59. The number of hydrogen-bond donors (Lipinski definition) is 2. The van der Waals surface area contributed by atoms with Crippen molar-refractivity contribution in [1.82, 2.24) is 10.3 Å². The van der Waals surface area contributed by atoms with Gasteiger partial charge in [-0.15, -0.1) is 0 Å². The Morgan fingerprint density at radius 2 is 1.93 bits per heavy atom. The quantitative estimate of drug-likeness (QED) is 0.769. The number of fused-ring (bicyclic) bond motifs is 1. The predicted molar refractivity (Wildman–Crippen MR) is 105 cm³/mol. The first-order valence-electron chi connectivity index (χ1n) is 8.99. The highest BCUT2D eigenvalue weighted by Crippen LogP contribution is 2.19. The van der Waals surface area contributed by atoms with E-state index in [0.29, 0.717) is 5.75 Å². The van der Waals surface area contributed by atoms with E-state index in [1.165, 1.54) is 25.3 Å². The lowest BCUT2D eigenvalue weighted by molar-refractivity contribution is 0.0956. The normalized spacial score (nSPS) is 13.9. The molecule has 1 heterocycles. The Labute approximate surface area is 163 Å². The number of nitrogens with one attached hydrogen (secondary N) is 2. The van der Waals surface area contributed by atoms with E-state index in [-0.39, 0.29) is 17.0 Å². The number of ether oxygens (including phenoxy) is 1. The molecule has 8 heteroatoms. The van der Waals surface area contributed by atoms with E-state index in [1.807, 2.05) is 0 Å². The number of sulfone groups is 1. The highest BCUT2D eigenvalue weighted by Gasteiger charge is 2.16. The van der Waals surface area contributed by atoms with Gasteiger partial charge in [-0.2, -0.15) is 0 Å². The zero-order valence-electron chi connectivity index (χ0n) is 15.5. The van der Waals surface area contributed by atoms with Gasteiger partial charge in [-0.1, -0.05) is 6.08 Å². The molecule has 0 atom stereocenters.